The first-order chi connectivity index (χ1) is 14.7. The highest BCUT2D eigenvalue weighted by atomic mass is 35.5. The summed E-state index contributed by atoms with van der Waals surface area (Å²) in [6, 6.07) is 10.2. The second kappa shape index (κ2) is 7.86. The van der Waals surface area contributed by atoms with E-state index < -0.39 is 28.3 Å². The van der Waals surface area contributed by atoms with Crippen molar-refractivity contribution in [2.24, 2.45) is 16.1 Å². The molecule has 1 heterocycles. The molecular weight excluding hydrogens is 435 g/mol. The molecule has 9 heteroatoms. The molecule has 0 radical (unpaired) electrons. The first-order valence-electron chi connectivity index (χ1n) is 9.95. The monoisotopic (exact) mass is 460 g/mol. The summed E-state index contributed by atoms with van der Waals surface area (Å²) in [5, 5.41) is 13.9. The number of rotatable bonds is 4. The molecule has 4 N–H and O–H groups in total. The van der Waals surface area contributed by atoms with Crippen molar-refractivity contribution in [1.29, 1.82) is 0 Å². The number of aliphatic hydroxyl groups is 1. The molecule has 2 amide bonds. The Bertz CT molecular complexity index is 1110. The van der Waals surface area contributed by atoms with E-state index in [-0.39, 0.29) is 23.1 Å². The standard InChI is InChI=1S/C23H26ClFN4O3/c1-21(2)19(31)29(5)20(26)28-23(21,4)16-12-15(10-11-17(16)25)27-18(30)22(3,32)13-6-8-14(24)9-7-13/h6-12,32H,1-5H3,(H2,26,28)(H,27,30)/t22?,23-/m0/s1. The zero-order chi connectivity index (χ0) is 24.1. The lowest BCUT2D eigenvalue weighted by molar-refractivity contribution is -0.140. The summed E-state index contributed by atoms with van der Waals surface area (Å²) in [6.07, 6.45) is 0. The van der Waals surface area contributed by atoms with Crippen LogP contribution in [0.2, 0.25) is 5.02 Å². The number of nitrogens with zero attached hydrogens (tertiary/aromatic N) is 2. The summed E-state index contributed by atoms with van der Waals surface area (Å²) in [4.78, 5) is 31.4. The number of benzene rings is 2. The molecule has 3 rings (SSSR count). The highest BCUT2D eigenvalue weighted by Crippen LogP contribution is 2.47. The van der Waals surface area contributed by atoms with Crippen LogP contribution < -0.4 is 11.1 Å². The Morgan fingerprint density at radius 1 is 1.22 bits per heavy atom. The quantitative estimate of drug-likeness (QED) is 0.650. The molecule has 0 fully saturated rings. The lowest BCUT2D eigenvalue weighted by Gasteiger charge is -2.46. The zero-order valence-electron chi connectivity index (χ0n) is 18.5. The number of carbonyl (C=O) groups is 2. The number of nitrogens with one attached hydrogen (secondary N) is 1. The molecule has 0 aliphatic carbocycles. The number of nitrogens with two attached hydrogens (primary N) is 1. The third-order valence-electron chi connectivity index (χ3n) is 6.34. The van der Waals surface area contributed by atoms with Crippen molar-refractivity contribution in [3.05, 3.63) is 64.4 Å². The average molecular weight is 461 g/mol. The molecule has 7 nitrogen and oxygen atoms in total. The third kappa shape index (κ3) is 3.73. The summed E-state index contributed by atoms with van der Waals surface area (Å²) in [5.74, 6) is -1.66. The number of anilines is 1. The minimum atomic E-state index is -1.87. The summed E-state index contributed by atoms with van der Waals surface area (Å²) in [7, 11) is 1.51. The van der Waals surface area contributed by atoms with Gasteiger partial charge in [0, 0.05) is 23.3 Å². The van der Waals surface area contributed by atoms with E-state index in [9.17, 15) is 19.1 Å². The van der Waals surface area contributed by atoms with Crippen LogP contribution in [0.15, 0.2) is 47.5 Å². The van der Waals surface area contributed by atoms with Crippen LogP contribution in [-0.4, -0.2) is 34.8 Å². The first kappa shape index (κ1) is 23.7. The number of hydrogen-bond acceptors (Lipinski definition) is 5. The third-order valence-corrected chi connectivity index (χ3v) is 6.59. The Morgan fingerprint density at radius 3 is 2.41 bits per heavy atom. The van der Waals surface area contributed by atoms with E-state index in [1.54, 1.807) is 45.0 Å². The van der Waals surface area contributed by atoms with Gasteiger partial charge in [-0.25, -0.2) is 9.38 Å². The van der Waals surface area contributed by atoms with Gasteiger partial charge in [-0.2, -0.15) is 0 Å². The van der Waals surface area contributed by atoms with Gasteiger partial charge in [-0.3, -0.25) is 14.5 Å². The average Bonchev–Trinajstić information content (AvgIpc) is 2.72. The zero-order valence-corrected chi connectivity index (χ0v) is 19.3. The van der Waals surface area contributed by atoms with Crippen molar-refractivity contribution in [2.75, 3.05) is 12.4 Å². The molecular formula is C23H26ClFN4O3. The van der Waals surface area contributed by atoms with Gasteiger partial charge < -0.3 is 16.2 Å². The SMILES string of the molecule is CN1C(=O)C(C)(C)[C@](C)(c2cc(NC(=O)C(C)(O)c3ccc(Cl)cc3)ccc2F)N=C1N. The van der Waals surface area contributed by atoms with Crippen LogP contribution in [0.25, 0.3) is 0 Å². The fraction of sp³-hybridized carbons (Fsp3) is 0.348. The van der Waals surface area contributed by atoms with E-state index in [1.807, 2.05) is 0 Å². The van der Waals surface area contributed by atoms with Gasteiger partial charge in [0.1, 0.15) is 11.4 Å². The van der Waals surface area contributed by atoms with Gasteiger partial charge in [-0.1, -0.05) is 23.7 Å². The number of guanidine groups is 1. The summed E-state index contributed by atoms with van der Waals surface area (Å²) >= 11 is 5.88. The van der Waals surface area contributed by atoms with Crippen LogP contribution in [0.4, 0.5) is 10.1 Å². The van der Waals surface area contributed by atoms with E-state index in [0.717, 1.165) is 0 Å². The molecule has 2 atom stereocenters. The van der Waals surface area contributed by atoms with Gasteiger partial charge in [0.2, 0.25) is 5.91 Å². The lowest BCUT2D eigenvalue weighted by Crippen LogP contribution is -2.58. The fourth-order valence-corrected chi connectivity index (χ4v) is 3.83. The van der Waals surface area contributed by atoms with Crippen molar-refractivity contribution >= 4 is 35.1 Å². The number of amides is 2. The molecule has 2 aromatic rings. The number of hydrogen-bond donors (Lipinski definition) is 3. The van der Waals surface area contributed by atoms with Crippen molar-refractivity contribution < 1.29 is 19.1 Å². The second-order valence-corrected chi connectivity index (χ2v) is 9.20. The van der Waals surface area contributed by atoms with E-state index >= 15 is 0 Å². The molecule has 0 aromatic heterocycles. The molecule has 1 unspecified atom stereocenters. The predicted octanol–water partition coefficient (Wildman–Crippen LogP) is 3.35. The molecule has 0 spiro atoms. The van der Waals surface area contributed by atoms with Crippen molar-refractivity contribution in [3.63, 3.8) is 0 Å². The van der Waals surface area contributed by atoms with Gasteiger partial charge in [0.15, 0.2) is 11.6 Å². The van der Waals surface area contributed by atoms with Crippen LogP contribution in [0.1, 0.15) is 38.8 Å². The van der Waals surface area contributed by atoms with E-state index in [0.29, 0.717) is 10.6 Å². The van der Waals surface area contributed by atoms with Crippen molar-refractivity contribution in [2.45, 2.75) is 38.8 Å². The van der Waals surface area contributed by atoms with Gasteiger partial charge in [-0.15, -0.1) is 0 Å². The molecule has 1 aliphatic rings. The minimum Gasteiger partial charge on any atom is -0.376 e. The largest absolute Gasteiger partial charge is 0.376 e. The molecule has 0 bridgehead atoms. The van der Waals surface area contributed by atoms with Crippen LogP contribution in [-0.2, 0) is 20.7 Å². The number of aliphatic imine (C=N–C) groups is 1. The van der Waals surface area contributed by atoms with Gasteiger partial charge in [-0.05, 0) is 63.6 Å². The Balaban J connectivity index is 2.00. The van der Waals surface area contributed by atoms with Crippen molar-refractivity contribution in [3.8, 4) is 0 Å². The molecule has 170 valence electrons. The number of carbonyl (C=O) groups excluding carboxylic acids is 2. The van der Waals surface area contributed by atoms with Crippen LogP contribution >= 0.6 is 11.6 Å². The topological polar surface area (TPSA) is 108 Å². The van der Waals surface area contributed by atoms with Crippen LogP contribution in [0.3, 0.4) is 0 Å². The molecule has 1 aliphatic heterocycles. The van der Waals surface area contributed by atoms with Crippen LogP contribution in [0, 0.1) is 11.2 Å². The maximum Gasteiger partial charge on any atom is 0.260 e. The molecule has 32 heavy (non-hydrogen) atoms. The highest BCUT2D eigenvalue weighted by molar-refractivity contribution is 6.30. The Kier molecular flexibility index (Phi) is 5.82. The molecule has 2 aromatic carbocycles. The molecule has 0 saturated heterocycles. The van der Waals surface area contributed by atoms with E-state index in [1.165, 1.54) is 37.1 Å². The van der Waals surface area contributed by atoms with Crippen molar-refractivity contribution in [1.82, 2.24) is 4.90 Å². The fourth-order valence-electron chi connectivity index (χ4n) is 3.71. The van der Waals surface area contributed by atoms with E-state index in [4.69, 9.17) is 17.3 Å². The Hall–Kier alpha value is -2.97. The summed E-state index contributed by atoms with van der Waals surface area (Å²) < 4.78 is 15.0. The smallest absolute Gasteiger partial charge is 0.260 e. The lowest BCUT2D eigenvalue weighted by atomic mass is 9.67. The normalized spacial score (nSPS) is 22.2. The minimum absolute atomic E-state index is 0.0312. The Morgan fingerprint density at radius 2 is 1.81 bits per heavy atom. The molecule has 0 saturated carbocycles. The maximum atomic E-state index is 15.0. The Labute approximate surface area is 191 Å². The number of halogens is 2. The van der Waals surface area contributed by atoms with Crippen LogP contribution in [0.5, 0.6) is 0 Å². The van der Waals surface area contributed by atoms with Gasteiger partial charge >= 0.3 is 0 Å². The predicted molar refractivity (Wildman–Crippen MR) is 122 cm³/mol. The van der Waals surface area contributed by atoms with E-state index in [2.05, 4.69) is 10.3 Å². The van der Waals surface area contributed by atoms with Gasteiger partial charge in [0.25, 0.3) is 5.91 Å². The highest BCUT2D eigenvalue weighted by Gasteiger charge is 2.53. The van der Waals surface area contributed by atoms with Gasteiger partial charge in [0.05, 0.1) is 5.41 Å². The summed E-state index contributed by atoms with van der Waals surface area (Å²) in [5.41, 5.74) is 2.27. The maximum absolute atomic E-state index is 15.0. The summed E-state index contributed by atoms with van der Waals surface area (Å²) in [6.45, 7) is 6.30. The first-order valence-corrected chi connectivity index (χ1v) is 10.3. The second-order valence-electron chi connectivity index (χ2n) is 8.76.